The van der Waals surface area contributed by atoms with Crippen molar-refractivity contribution < 1.29 is 9.84 Å². The van der Waals surface area contributed by atoms with Crippen molar-refractivity contribution in [2.75, 3.05) is 0 Å². The van der Waals surface area contributed by atoms with Gasteiger partial charge in [0, 0.05) is 15.8 Å². The van der Waals surface area contributed by atoms with Crippen LogP contribution in [-0.2, 0) is 0 Å². The fourth-order valence-corrected chi connectivity index (χ4v) is 2.38. The third-order valence-corrected chi connectivity index (χ3v) is 3.58. The number of benzene rings is 2. The Hall–Kier alpha value is -2.10. The second-order valence-corrected chi connectivity index (χ2v) is 5.20. The number of pyridine rings is 1. The summed E-state index contributed by atoms with van der Waals surface area (Å²) in [5.74, 6) is 1.34. The molecule has 1 N–H and O–H groups in total. The number of halogens is 1. The Labute approximate surface area is 127 Å². The van der Waals surface area contributed by atoms with E-state index in [9.17, 15) is 5.11 Å². The molecule has 3 nitrogen and oxygen atoms in total. The molecule has 0 spiro atoms. The van der Waals surface area contributed by atoms with Crippen LogP contribution in [0.2, 0.25) is 5.02 Å². The molecule has 106 valence electrons. The number of aromatic nitrogens is 1. The summed E-state index contributed by atoms with van der Waals surface area (Å²) in [6.45, 7) is 1.68. The molecule has 0 saturated carbocycles. The first-order valence-corrected chi connectivity index (χ1v) is 7.02. The maximum atomic E-state index is 9.46. The number of hydrogen-bond acceptors (Lipinski definition) is 3. The summed E-state index contributed by atoms with van der Waals surface area (Å²) in [7, 11) is 0. The summed E-state index contributed by atoms with van der Waals surface area (Å²) in [5.41, 5.74) is 0.614. The van der Waals surface area contributed by atoms with Gasteiger partial charge in [-0.3, -0.25) is 4.98 Å². The minimum Gasteiger partial charge on any atom is -0.455 e. The molecule has 0 saturated heterocycles. The number of ether oxygens (including phenoxy) is 1. The topological polar surface area (TPSA) is 42.4 Å². The van der Waals surface area contributed by atoms with E-state index in [1.54, 1.807) is 25.3 Å². The van der Waals surface area contributed by atoms with Crippen molar-refractivity contribution in [1.82, 2.24) is 4.98 Å². The Morgan fingerprint density at radius 1 is 1.05 bits per heavy atom. The van der Waals surface area contributed by atoms with E-state index in [-0.39, 0.29) is 0 Å². The zero-order valence-electron chi connectivity index (χ0n) is 11.5. The van der Waals surface area contributed by atoms with Crippen molar-refractivity contribution in [3.8, 4) is 11.5 Å². The lowest BCUT2D eigenvalue weighted by Gasteiger charge is -2.10. The zero-order valence-corrected chi connectivity index (χ0v) is 12.2. The highest BCUT2D eigenvalue weighted by molar-refractivity contribution is 6.35. The van der Waals surface area contributed by atoms with Gasteiger partial charge in [0.25, 0.3) is 0 Å². The minimum atomic E-state index is -0.588. The molecule has 3 rings (SSSR count). The van der Waals surface area contributed by atoms with Crippen molar-refractivity contribution in [3.63, 3.8) is 0 Å². The second kappa shape index (κ2) is 5.72. The first-order chi connectivity index (χ1) is 10.1. The van der Waals surface area contributed by atoms with Crippen LogP contribution >= 0.6 is 11.6 Å². The SMILES string of the molecule is C[C@H](O)c1ccc(Oc2ccc(Cl)c3ccccc23)cn1. The molecule has 21 heavy (non-hydrogen) atoms. The summed E-state index contributed by atoms with van der Waals surface area (Å²) in [4.78, 5) is 4.17. The van der Waals surface area contributed by atoms with Crippen LogP contribution in [0.15, 0.2) is 54.7 Å². The fourth-order valence-electron chi connectivity index (χ4n) is 2.15. The second-order valence-electron chi connectivity index (χ2n) is 4.79. The van der Waals surface area contributed by atoms with Crippen molar-refractivity contribution in [1.29, 1.82) is 0 Å². The summed E-state index contributed by atoms with van der Waals surface area (Å²) >= 11 is 6.19. The van der Waals surface area contributed by atoms with Gasteiger partial charge < -0.3 is 9.84 Å². The van der Waals surface area contributed by atoms with Gasteiger partial charge in [-0.2, -0.15) is 0 Å². The third kappa shape index (κ3) is 2.84. The average Bonchev–Trinajstić information content (AvgIpc) is 2.51. The summed E-state index contributed by atoms with van der Waals surface area (Å²) in [5, 5.41) is 12.1. The Balaban J connectivity index is 1.96. The van der Waals surface area contributed by atoms with E-state index in [1.807, 2.05) is 36.4 Å². The van der Waals surface area contributed by atoms with Crippen LogP contribution in [0.3, 0.4) is 0 Å². The van der Waals surface area contributed by atoms with Crippen molar-refractivity contribution in [3.05, 3.63) is 65.4 Å². The number of hydrogen-bond donors (Lipinski definition) is 1. The molecule has 0 radical (unpaired) electrons. The van der Waals surface area contributed by atoms with Crippen LogP contribution in [0.25, 0.3) is 10.8 Å². The van der Waals surface area contributed by atoms with Crippen LogP contribution in [-0.4, -0.2) is 10.1 Å². The highest BCUT2D eigenvalue weighted by Gasteiger charge is 2.07. The normalized spacial score (nSPS) is 12.3. The fraction of sp³-hybridized carbons (Fsp3) is 0.118. The van der Waals surface area contributed by atoms with Crippen molar-refractivity contribution >= 4 is 22.4 Å². The van der Waals surface area contributed by atoms with Gasteiger partial charge in [-0.1, -0.05) is 35.9 Å². The van der Waals surface area contributed by atoms with Gasteiger partial charge in [0.05, 0.1) is 18.0 Å². The van der Waals surface area contributed by atoms with Gasteiger partial charge in [0.2, 0.25) is 0 Å². The molecule has 0 aliphatic heterocycles. The number of nitrogens with zero attached hydrogens (tertiary/aromatic N) is 1. The minimum absolute atomic E-state index is 0.588. The highest BCUT2D eigenvalue weighted by Crippen LogP contribution is 2.33. The number of aliphatic hydroxyl groups is 1. The lowest BCUT2D eigenvalue weighted by atomic mass is 10.1. The number of rotatable bonds is 3. The van der Waals surface area contributed by atoms with E-state index in [0.29, 0.717) is 16.5 Å². The molecule has 2 aromatic carbocycles. The van der Waals surface area contributed by atoms with Crippen LogP contribution in [0.4, 0.5) is 0 Å². The summed E-state index contributed by atoms with van der Waals surface area (Å²) in [6, 6.07) is 15.0. The first kappa shape index (κ1) is 13.9. The molecule has 0 unspecified atom stereocenters. The predicted octanol–water partition coefficient (Wildman–Crippen LogP) is 4.73. The lowest BCUT2D eigenvalue weighted by Crippen LogP contribution is -1.95. The maximum absolute atomic E-state index is 9.46. The number of fused-ring (bicyclic) bond motifs is 1. The standard InChI is InChI=1S/C17H14ClNO2/c1-11(20)16-8-6-12(10-19-16)21-17-9-7-15(18)13-4-2-3-5-14(13)17/h2-11,20H,1H3/t11-/m0/s1. The van der Waals surface area contributed by atoms with Crippen molar-refractivity contribution in [2.24, 2.45) is 0 Å². The van der Waals surface area contributed by atoms with Gasteiger partial charge in [0.1, 0.15) is 11.5 Å². The monoisotopic (exact) mass is 299 g/mol. The molecule has 0 fully saturated rings. The van der Waals surface area contributed by atoms with Gasteiger partial charge >= 0.3 is 0 Å². The Kier molecular flexibility index (Phi) is 3.78. The van der Waals surface area contributed by atoms with E-state index in [2.05, 4.69) is 4.98 Å². The van der Waals surface area contributed by atoms with Crippen LogP contribution in [0.5, 0.6) is 11.5 Å². The first-order valence-electron chi connectivity index (χ1n) is 6.64. The van der Waals surface area contributed by atoms with Crippen LogP contribution in [0.1, 0.15) is 18.7 Å². The molecule has 3 aromatic rings. The Morgan fingerprint density at radius 2 is 1.81 bits per heavy atom. The van der Waals surface area contributed by atoms with E-state index in [1.165, 1.54) is 0 Å². The molecule has 0 aliphatic rings. The molecule has 1 atom stereocenters. The molecule has 1 aromatic heterocycles. The smallest absolute Gasteiger partial charge is 0.145 e. The summed E-state index contributed by atoms with van der Waals surface area (Å²) < 4.78 is 5.88. The van der Waals surface area contributed by atoms with Gasteiger partial charge in [-0.25, -0.2) is 0 Å². The van der Waals surface area contributed by atoms with E-state index < -0.39 is 6.10 Å². The predicted molar refractivity (Wildman–Crippen MR) is 83.9 cm³/mol. The van der Waals surface area contributed by atoms with E-state index in [0.717, 1.165) is 16.5 Å². The lowest BCUT2D eigenvalue weighted by molar-refractivity contribution is 0.194. The molecule has 0 bridgehead atoms. The maximum Gasteiger partial charge on any atom is 0.145 e. The zero-order chi connectivity index (χ0) is 14.8. The molecular weight excluding hydrogens is 286 g/mol. The van der Waals surface area contributed by atoms with Gasteiger partial charge in [0.15, 0.2) is 0 Å². The molecular formula is C17H14ClNO2. The van der Waals surface area contributed by atoms with E-state index >= 15 is 0 Å². The molecule has 1 heterocycles. The highest BCUT2D eigenvalue weighted by atomic mass is 35.5. The van der Waals surface area contributed by atoms with Crippen LogP contribution in [0, 0.1) is 0 Å². The Bertz CT molecular complexity index is 769. The summed E-state index contributed by atoms with van der Waals surface area (Å²) in [6.07, 6.45) is 1.02. The Morgan fingerprint density at radius 3 is 2.48 bits per heavy atom. The van der Waals surface area contributed by atoms with Gasteiger partial charge in [-0.15, -0.1) is 0 Å². The van der Waals surface area contributed by atoms with Crippen molar-refractivity contribution in [2.45, 2.75) is 13.0 Å². The largest absolute Gasteiger partial charge is 0.455 e. The van der Waals surface area contributed by atoms with Gasteiger partial charge in [-0.05, 0) is 31.2 Å². The number of aliphatic hydroxyl groups excluding tert-OH is 1. The third-order valence-electron chi connectivity index (χ3n) is 3.25. The van der Waals surface area contributed by atoms with E-state index in [4.69, 9.17) is 16.3 Å². The molecule has 0 amide bonds. The quantitative estimate of drug-likeness (QED) is 0.760. The van der Waals surface area contributed by atoms with Crippen LogP contribution < -0.4 is 4.74 Å². The molecule has 4 heteroatoms. The average molecular weight is 300 g/mol. The molecule has 0 aliphatic carbocycles.